The molecule has 0 amide bonds. The number of carbonyl (C=O) groups is 1. The van der Waals surface area contributed by atoms with Crippen LogP contribution in [0.4, 0.5) is 0 Å². The summed E-state index contributed by atoms with van der Waals surface area (Å²) in [5.74, 6) is 0.416. The van der Waals surface area contributed by atoms with E-state index < -0.39 is 5.41 Å². The summed E-state index contributed by atoms with van der Waals surface area (Å²) in [7, 11) is 0. The van der Waals surface area contributed by atoms with E-state index in [0.29, 0.717) is 10.2 Å². The van der Waals surface area contributed by atoms with Crippen molar-refractivity contribution in [2.45, 2.75) is 32.2 Å². The van der Waals surface area contributed by atoms with Gasteiger partial charge in [-0.05, 0) is 34.8 Å². The molecule has 2 unspecified atom stereocenters. The van der Waals surface area contributed by atoms with Gasteiger partial charge in [-0.1, -0.05) is 13.3 Å². The average Bonchev–Trinajstić information content (AvgIpc) is 2.75. The molecule has 1 heterocycles. The summed E-state index contributed by atoms with van der Waals surface area (Å²) >= 11 is 3.30. The molecule has 1 fully saturated rings. The van der Waals surface area contributed by atoms with Gasteiger partial charge in [0.25, 0.3) is 0 Å². The standard InChI is InChI=1S/C11H14BrNO2/c1-11(5-2-3-8(11)13)10(14)9-7(12)4-6-15-9/h4,6,8H,2-3,5,13H2,1H3. The summed E-state index contributed by atoms with van der Waals surface area (Å²) in [6.45, 7) is 1.93. The quantitative estimate of drug-likeness (QED) is 0.842. The lowest BCUT2D eigenvalue weighted by molar-refractivity contribution is 0.0770. The van der Waals surface area contributed by atoms with Gasteiger partial charge in [0.05, 0.1) is 10.7 Å². The summed E-state index contributed by atoms with van der Waals surface area (Å²) in [6, 6.07) is 1.68. The Hall–Kier alpha value is -0.610. The smallest absolute Gasteiger partial charge is 0.206 e. The molecule has 1 saturated carbocycles. The first-order valence-corrected chi connectivity index (χ1v) is 5.88. The van der Waals surface area contributed by atoms with E-state index >= 15 is 0 Å². The van der Waals surface area contributed by atoms with Crippen molar-refractivity contribution < 1.29 is 9.21 Å². The Balaban J connectivity index is 2.32. The van der Waals surface area contributed by atoms with Crippen LogP contribution in [0.3, 0.4) is 0 Å². The predicted octanol–water partition coefficient (Wildman–Crippen LogP) is 2.74. The molecule has 0 radical (unpaired) electrons. The molecule has 0 aliphatic heterocycles. The highest BCUT2D eigenvalue weighted by Crippen LogP contribution is 2.40. The maximum Gasteiger partial charge on any atom is 0.206 e. The van der Waals surface area contributed by atoms with E-state index in [-0.39, 0.29) is 11.8 Å². The number of hydrogen-bond donors (Lipinski definition) is 1. The second-order valence-corrected chi connectivity index (χ2v) is 5.20. The van der Waals surface area contributed by atoms with E-state index in [0.717, 1.165) is 19.3 Å². The van der Waals surface area contributed by atoms with Crippen LogP contribution in [0, 0.1) is 5.41 Å². The van der Waals surface area contributed by atoms with Crippen LogP contribution >= 0.6 is 15.9 Å². The Morgan fingerprint density at radius 2 is 2.47 bits per heavy atom. The van der Waals surface area contributed by atoms with Crippen molar-refractivity contribution in [3.8, 4) is 0 Å². The number of halogens is 1. The van der Waals surface area contributed by atoms with Crippen molar-refractivity contribution in [1.29, 1.82) is 0 Å². The van der Waals surface area contributed by atoms with Crippen LogP contribution < -0.4 is 5.73 Å². The molecule has 0 saturated heterocycles. The molecule has 2 atom stereocenters. The topological polar surface area (TPSA) is 56.2 Å². The Bertz CT molecular complexity index is 388. The van der Waals surface area contributed by atoms with E-state index in [4.69, 9.17) is 10.2 Å². The van der Waals surface area contributed by atoms with E-state index in [2.05, 4.69) is 15.9 Å². The normalized spacial score (nSPS) is 30.7. The predicted molar refractivity (Wildman–Crippen MR) is 60.7 cm³/mol. The van der Waals surface area contributed by atoms with Gasteiger partial charge in [-0.15, -0.1) is 0 Å². The Morgan fingerprint density at radius 3 is 2.93 bits per heavy atom. The van der Waals surface area contributed by atoms with Gasteiger partial charge < -0.3 is 10.2 Å². The zero-order valence-electron chi connectivity index (χ0n) is 8.63. The lowest BCUT2D eigenvalue weighted by Gasteiger charge is -2.26. The molecule has 2 rings (SSSR count). The third kappa shape index (κ3) is 1.66. The van der Waals surface area contributed by atoms with Gasteiger partial charge in [0.15, 0.2) is 5.76 Å². The first-order chi connectivity index (χ1) is 7.05. The molecule has 2 N–H and O–H groups in total. The second-order valence-electron chi connectivity index (χ2n) is 4.34. The maximum atomic E-state index is 12.3. The van der Waals surface area contributed by atoms with Crippen molar-refractivity contribution in [2.24, 2.45) is 11.1 Å². The number of ketones is 1. The third-order valence-corrected chi connectivity index (χ3v) is 4.00. The van der Waals surface area contributed by atoms with Gasteiger partial charge in [-0.25, -0.2) is 0 Å². The van der Waals surface area contributed by atoms with Crippen molar-refractivity contribution in [3.63, 3.8) is 0 Å². The highest BCUT2D eigenvalue weighted by atomic mass is 79.9. The summed E-state index contributed by atoms with van der Waals surface area (Å²) in [6.07, 6.45) is 4.30. The van der Waals surface area contributed by atoms with Crippen molar-refractivity contribution in [2.75, 3.05) is 0 Å². The van der Waals surface area contributed by atoms with E-state index in [1.807, 2.05) is 6.92 Å². The average molecular weight is 272 g/mol. The van der Waals surface area contributed by atoms with Crippen LogP contribution in [0.1, 0.15) is 36.7 Å². The highest BCUT2D eigenvalue weighted by Gasteiger charge is 2.44. The SMILES string of the molecule is CC1(C(=O)c2occc2Br)CCCC1N. The molecule has 1 aliphatic carbocycles. The zero-order valence-corrected chi connectivity index (χ0v) is 10.2. The van der Waals surface area contributed by atoms with Crippen LogP contribution in [-0.2, 0) is 0 Å². The minimum absolute atomic E-state index is 0.0179. The van der Waals surface area contributed by atoms with Crippen molar-refractivity contribution in [3.05, 3.63) is 22.6 Å². The Morgan fingerprint density at radius 1 is 1.73 bits per heavy atom. The molecule has 1 aromatic rings. The lowest BCUT2D eigenvalue weighted by atomic mass is 9.80. The van der Waals surface area contributed by atoms with E-state index in [1.54, 1.807) is 6.07 Å². The highest BCUT2D eigenvalue weighted by molar-refractivity contribution is 9.10. The Labute approximate surface area is 97.1 Å². The third-order valence-electron chi connectivity index (χ3n) is 3.37. The fraction of sp³-hybridized carbons (Fsp3) is 0.545. The van der Waals surface area contributed by atoms with Crippen LogP contribution in [0.2, 0.25) is 0 Å². The monoisotopic (exact) mass is 271 g/mol. The van der Waals surface area contributed by atoms with Gasteiger partial charge in [0.1, 0.15) is 0 Å². The molecule has 0 spiro atoms. The lowest BCUT2D eigenvalue weighted by Crippen LogP contribution is -2.41. The minimum Gasteiger partial charge on any atom is -0.460 e. The summed E-state index contributed by atoms with van der Waals surface area (Å²) in [5, 5.41) is 0. The maximum absolute atomic E-state index is 12.3. The van der Waals surface area contributed by atoms with Crippen molar-refractivity contribution >= 4 is 21.7 Å². The number of carbonyl (C=O) groups excluding carboxylic acids is 1. The van der Waals surface area contributed by atoms with Gasteiger partial charge in [0.2, 0.25) is 5.78 Å². The Kier molecular flexibility index (Phi) is 2.73. The fourth-order valence-corrected chi connectivity index (χ4v) is 2.57. The first kappa shape index (κ1) is 10.9. The first-order valence-electron chi connectivity index (χ1n) is 5.09. The summed E-state index contributed by atoms with van der Waals surface area (Å²) in [4.78, 5) is 12.3. The van der Waals surface area contributed by atoms with Gasteiger partial charge in [0, 0.05) is 11.5 Å². The molecular formula is C11H14BrNO2. The summed E-state index contributed by atoms with van der Waals surface area (Å²) < 4.78 is 5.92. The summed E-state index contributed by atoms with van der Waals surface area (Å²) in [5.41, 5.74) is 5.53. The zero-order chi connectivity index (χ0) is 11.1. The van der Waals surface area contributed by atoms with Crippen LogP contribution in [0.25, 0.3) is 0 Å². The van der Waals surface area contributed by atoms with Gasteiger partial charge in [-0.2, -0.15) is 0 Å². The van der Waals surface area contributed by atoms with E-state index in [1.165, 1.54) is 6.26 Å². The molecule has 15 heavy (non-hydrogen) atoms. The van der Waals surface area contributed by atoms with Crippen LogP contribution in [-0.4, -0.2) is 11.8 Å². The molecule has 0 bridgehead atoms. The fourth-order valence-electron chi connectivity index (χ4n) is 2.19. The molecule has 1 aliphatic rings. The van der Waals surface area contributed by atoms with Gasteiger partial charge >= 0.3 is 0 Å². The molecule has 82 valence electrons. The number of hydrogen-bond acceptors (Lipinski definition) is 3. The molecule has 4 heteroatoms. The number of furan rings is 1. The van der Waals surface area contributed by atoms with Gasteiger partial charge in [-0.3, -0.25) is 4.79 Å². The number of rotatable bonds is 2. The van der Waals surface area contributed by atoms with Crippen molar-refractivity contribution in [1.82, 2.24) is 0 Å². The van der Waals surface area contributed by atoms with Crippen LogP contribution in [0.5, 0.6) is 0 Å². The molecule has 1 aromatic heterocycles. The molecule has 3 nitrogen and oxygen atoms in total. The second kappa shape index (κ2) is 3.76. The number of Topliss-reactive ketones (excluding diaryl/α,β-unsaturated/α-hetero) is 1. The molecule has 0 aromatic carbocycles. The number of nitrogens with two attached hydrogens (primary N) is 1. The molecular weight excluding hydrogens is 258 g/mol. The minimum atomic E-state index is -0.458. The van der Waals surface area contributed by atoms with Crippen LogP contribution in [0.15, 0.2) is 21.2 Å². The largest absolute Gasteiger partial charge is 0.460 e. The van der Waals surface area contributed by atoms with E-state index in [9.17, 15) is 4.79 Å².